The number of hydrogen-bond acceptors (Lipinski definition) is 3. The highest BCUT2D eigenvalue weighted by atomic mass is 35.5. The van der Waals surface area contributed by atoms with Crippen LogP contribution in [0, 0.1) is 0 Å². The summed E-state index contributed by atoms with van der Waals surface area (Å²) in [5.41, 5.74) is 2.39. The lowest BCUT2D eigenvalue weighted by Gasteiger charge is -2.12. The first-order valence-electron chi connectivity index (χ1n) is 7.92. The predicted molar refractivity (Wildman–Crippen MR) is 114 cm³/mol. The summed E-state index contributed by atoms with van der Waals surface area (Å²) in [6.45, 7) is 0. The molecule has 0 fully saturated rings. The third-order valence-corrected chi connectivity index (χ3v) is 5.92. The number of fused-ring (bicyclic) bond motifs is 1. The quantitative estimate of drug-likeness (QED) is 0.348. The van der Waals surface area contributed by atoms with Crippen molar-refractivity contribution in [1.82, 2.24) is 4.98 Å². The van der Waals surface area contributed by atoms with E-state index in [9.17, 15) is 4.79 Å². The molecule has 0 atom stereocenters. The van der Waals surface area contributed by atoms with Gasteiger partial charge < -0.3 is 5.32 Å². The van der Waals surface area contributed by atoms with Gasteiger partial charge in [-0.3, -0.25) is 4.79 Å². The Kier molecular flexibility index (Phi) is 5.06. The molecule has 1 N–H and O–H groups in total. The maximum Gasteiger partial charge on any atom is 0.256 e. The number of thiophene rings is 1. The van der Waals surface area contributed by atoms with E-state index in [0.29, 0.717) is 26.3 Å². The van der Waals surface area contributed by atoms with Gasteiger partial charge >= 0.3 is 0 Å². The van der Waals surface area contributed by atoms with Crippen molar-refractivity contribution in [1.29, 1.82) is 0 Å². The van der Waals surface area contributed by atoms with E-state index in [1.165, 1.54) is 12.1 Å². The summed E-state index contributed by atoms with van der Waals surface area (Å²) in [5.74, 6) is -0.299. The molecule has 2 heterocycles. The van der Waals surface area contributed by atoms with E-state index in [0.717, 1.165) is 21.5 Å². The number of amides is 1. The minimum absolute atomic E-state index is 0.299. The van der Waals surface area contributed by atoms with Gasteiger partial charge in [0.05, 0.1) is 42.4 Å². The molecule has 3 nitrogen and oxygen atoms in total. The van der Waals surface area contributed by atoms with Crippen LogP contribution in [0.3, 0.4) is 0 Å². The highest BCUT2D eigenvalue weighted by Gasteiger charge is 2.16. The zero-order valence-electron chi connectivity index (χ0n) is 13.7. The van der Waals surface area contributed by atoms with Crippen molar-refractivity contribution in [3.05, 3.63) is 80.6 Å². The smallest absolute Gasteiger partial charge is 0.256 e. The van der Waals surface area contributed by atoms with Gasteiger partial charge in [-0.25, -0.2) is 4.98 Å². The normalized spacial score (nSPS) is 10.9. The van der Waals surface area contributed by atoms with Gasteiger partial charge in [0.1, 0.15) is 0 Å². The van der Waals surface area contributed by atoms with Crippen LogP contribution in [0.25, 0.3) is 21.5 Å². The van der Waals surface area contributed by atoms with Gasteiger partial charge in [-0.2, -0.15) is 0 Å². The molecule has 0 bridgehead atoms. The average molecular weight is 434 g/mol. The molecule has 0 radical (unpaired) electrons. The van der Waals surface area contributed by atoms with Gasteiger partial charge in [0.15, 0.2) is 0 Å². The van der Waals surface area contributed by atoms with E-state index < -0.39 is 0 Å². The highest BCUT2D eigenvalue weighted by Crippen LogP contribution is 2.33. The molecule has 2 aromatic carbocycles. The number of nitrogens with one attached hydrogen (secondary N) is 1. The number of halogens is 3. The number of anilines is 1. The summed E-state index contributed by atoms with van der Waals surface area (Å²) in [7, 11) is 0. The molecule has 0 aliphatic carbocycles. The van der Waals surface area contributed by atoms with Crippen molar-refractivity contribution in [2.75, 3.05) is 5.32 Å². The first kappa shape index (κ1) is 18.3. The molecular weight excluding hydrogens is 423 g/mol. The van der Waals surface area contributed by atoms with Gasteiger partial charge in [0, 0.05) is 5.39 Å². The van der Waals surface area contributed by atoms with Crippen LogP contribution in [-0.2, 0) is 0 Å². The number of hydrogen-bond donors (Lipinski definition) is 1. The molecule has 4 aromatic rings. The monoisotopic (exact) mass is 432 g/mol. The maximum atomic E-state index is 13.0. The molecule has 27 heavy (non-hydrogen) atoms. The number of benzene rings is 2. The van der Waals surface area contributed by atoms with Crippen molar-refractivity contribution in [2.24, 2.45) is 0 Å². The number of carbonyl (C=O) groups excluding carboxylic acids is 1. The number of rotatable bonds is 3. The SMILES string of the molecule is O=C(Nc1cc(Cl)c(Cl)cc1Cl)c1cc(-c2cccs2)nc2ccccc12. The molecule has 7 heteroatoms. The van der Waals surface area contributed by atoms with Crippen LogP contribution in [0.15, 0.2) is 60.0 Å². The van der Waals surface area contributed by atoms with E-state index in [4.69, 9.17) is 34.8 Å². The molecule has 0 saturated heterocycles. The average Bonchev–Trinajstić information content (AvgIpc) is 3.20. The second-order valence-electron chi connectivity index (χ2n) is 5.75. The standard InChI is InChI=1S/C20H11Cl3N2OS/c21-13-9-15(23)17(10-14(13)22)25-20(26)12-8-18(19-6-3-7-27-19)24-16-5-2-1-4-11(12)16/h1-10H,(H,25,26). The summed E-state index contributed by atoms with van der Waals surface area (Å²) >= 11 is 19.8. The summed E-state index contributed by atoms with van der Waals surface area (Å²) < 4.78 is 0. The molecule has 0 saturated carbocycles. The number of nitrogens with zero attached hydrogens (tertiary/aromatic N) is 1. The van der Waals surface area contributed by atoms with Crippen molar-refractivity contribution in [3.8, 4) is 10.6 Å². The zero-order chi connectivity index (χ0) is 19.0. The minimum Gasteiger partial charge on any atom is -0.321 e. The fourth-order valence-electron chi connectivity index (χ4n) is 2.72. The van der Waals surface area contributed by atoms with Crippen LogP contribution in [0.1, 0.15) is 10.4 Å². The van der Waals surface area contributed by atoms with Gasteiger partial charge in [-0.1, -0.05) is 59.1 Å². The minimum atomic E-state index is -0.299. The maximum absolute atomic E-state index is 13.0. The topological polar surface area (TPSA) is 42.0 Å². The molecule has 0 aliphatic rings. The van der Waals surface area contributed by atoms with E-state index in [-0.39, 0.29) is 5.91 Å². The zero-order valence-corrected chi connectivity index (χ0v) is 16.8. The summed E-state index contributed by atoms with van der Waals surface area (Å²) in [6, 6.07) is 16.3. The van der Waals surface area contributed by atoms with Crippen LogP contribution >= 0.6 is 46.1 Å². The van der Waals surface area contributed by atoms with E-state index in [1.807, 2.05) is 41.8 Å². The van der Waals surface area contributed by atoms with Crippen molar-refractivity contribution < 1.29 is 4.79 Å². The van der Waals surface area contributed by atoms with Crippen LogP contribution in [0.2, 0.25) is 15.1 Å². The molecule has 0 aliphatic heterocycles. The Morgan fingerprint density at radius 3 is 2.48 bits per heavy atom. The largest absolute Gasteiger partial charge is 0.321 e. The van der Waals surface area contributed by atoms with E-state index in [2.05, 4.69) is 10.3 Å². The second kappa shape index (κ2) is 7.49. The summed E-state index contributed by atoms with van der Waals surface area (Å²) in [4.78, 5) is 18.7. The van der Waals surface area contributed by atoms with Crippen molar-refractivity contribution in [2.45, 2.75) is 0 Å². The Bertz CT molecular complexity index is 1160. The fraction of sp³-hybridized carbons (Fsp3) is 0. The third-order valence-electron chi connectivity index (χ3n) is 3.99. The summed E-state index contributed by atoms with van der Waals surface area (Å²) in [6.07, 6.45) is 0. The lowest BCUT2D eigenvalue weighted by molar-refractivity contribution is 0.102. The Labute approximate surface area is 174 Å². The molecule has 4 rings (SSSR count). The first-order valence-corrected chi connectivity index (χ1v) is 9.94. The number of carbonyl (C=O) groups is 1. The molecule has 134 valence electrons. The Hall–Kier alpha value is -2.11. The van der Waals surface area contributed by atoms with E-state index >= 15 is 0 Å². The van der Waals surface area contributed by atoms with Crippen LogP contribution in [-0.4, -0.2) is 10.9 Å². The molecular formula is C20H11Cl3N2OS. The molecule has 0 spiro atoms. The Balaban J connectivity index is 1.80. The van der Waals surface area contributed by atoms with Gasteiger partial charge in [-0.05, 0) is 35.7 Å². The second-order valence-corrected chi connectivity index (χ2v) is 7.92. The predicted octanol–water partition coefficient (Wildman–Crippen LogP) is 7.18. The molecule has 0 unspecified atom stereocenters. The lowest BCUT2D eigenvalue weighted by Crippen LogP contribution is -2.13. The van der Waals surface area contributed by atoms with E-state index in [1.54, 1.807) is 17.4 Å². The van der Waals surface area contributed by atoms with Gasteiger partial charge in [0.2, 0.25) is 0 Å². The number of aromatic nitrogens is 1. The van der Waals surface area contributed by atoms with Crippen LogP contribution in [0.4, 0.5) is 5.69 Å². The highest BCUT2D eigenvalue weighted by molar-refractivity contribution is 7.13. The third kappa shape index (κ3) is 3.66. The van der Waals surface area contributed by atoms with Crippen LogP contribution in [0.5, 0.6) is 0 Å². The lowest BCUT2D eigenvalue weighted by atomic mass is 10.1. The number of para-hydroxylation sites is 1. The van der Waals surface area contributed by atoms with Crippen molar-refractivity contribution >= 4 is 68.6 Å². The Morgan fingerprint density at radius 2 is 1.70 bits per heavy atom. The fourth-order valence-corrected chi connectivity index (χ4v) is 4.00. The Morgan fingerprint density at radius 1 is 0.926 bits per heavy atom. The van der Waals surface area contributed by atoms with Crippen molar-refractivity contribution in [3.63, 3.8) is 0 Å². The molecule has 2 aromatic heterocycles. The number of pyridine rings is 1. The van der Waals surface area contributed by atoms with Gasteiger partial charge in [0.25, 0.3) is 5.91 Å². The van der Waals surface area contributed by atoms with Gasteiger partial charge in [-0.15, -0.1) is 11.3 Å². The van der Waals surface area contributed by atoms with Crippen LogP contribution < -0.4 is 5.32 Å². The summed E-state index contributed by atoms with van der Waals surface area (Å²) in [5, 5.41) is 6.51. The first-order chi connectivity index (χ1) is 13.0. The molecule has 1 amide bonds.